The normalized spacial score (nSPS) is 26.1. The molecule has 1 aromatic rings. The SMILES string of the molecule is CC[C@H](C)[C@H](C(=O)N(C)C[C@H]1CCCN2CCCC[C@H]12)N1Cc2ccccc2C1=O. The molecule has 0 spiro atoms. The molecular formula is C25H37N3O2. The fourth-order valence-electron chi connectivity index (χ4n) is 5.87. The molecule has 5 heteroatoms. The van der Waals surface area contributed by atoms with E-state index in [1.807, 2.05) is 41.1 Å². The van der Waals surface area contributed by atoms with Crippen LogP contribution in [0.5, 0.6) is 0 Å². The van der Waals surface area contributed by atoms with Gasteiger partial charge in [0, 0.05) is 31.7 Å². The van der Waals surface area contributed by atoms with Gasteiger partial charge in [0.25, 0.3) is 5.91 Å². The molecule has 0 radical (unpaired) electrons. The molecule has 4 atom stereocenters. The van der Waals surface area contributed by atoms with E-state index in [1.54, 1.807) is 0 Å². The maximum atomic E-state index is 13.7. The summed E-state index contributed by atoms with van der Waals surface area (Å²) in [5.41, 5.74) is 1.79. The first kappa shape index (κ1) is 21.4. The summed E-state index contributed by atoms with van der Waals surface area (Å²) in [5, 5.41) is 0. The minimum Gasteiger partial charge on any atom is -0.344 e. The number of hydrogen-bond acceptors (Lipinski definition) is 3. The van der Waals surface area contributed by atoms with E-state index in [1.165, 1.54) is 45.2 Å². The van der Waals surface area contributed by atoms with Crippen molar-refractivity contribution in [1.29, 1.82) is 0 Å². The smallest absolute Gasteiger partial charge is 0.255 e. The highest BCUT2D eigenvalue weighted by Gasteiger charge is 2.41. The summed E-state index contributed by atoms with van der Waals surface area (Å²) in [6.07, 6.45) is 7.21. The Morgan fingerprint density at radius 3 is 2.70 bits per heavy atom. The molecule has 2 amide bonds. The van der Waals surface area contributed by atoms with E-state index in [4.69, 9.17) is 0 Å². The van der Waals surface area contributed by atoms with E-state index in [0.29, 0.717) is 18.5 Å². The molecular weight excluding hydrogens is 374 g/mol. The Kier molecular flexibility index (Phi) is 6.47. The Balaban J connectivity index is 1.49. The van der Waals surface area contributed by atoms with Gasteiger partial charge in [0.15, 0.2) is 0 Å². The summed E-state index contributed by atoms with van der Waals surface area (Å²) in [6.45, 7) is 8.00. The molecule has 0 bridgehead atoms. The van der Waals surface area contributed by atoms with Crippen LogP contribution in [-0.2, 0) is 11.3 Å². The first-order valence-electron chi connectivity index (χ1n) is 11.9. The molecule has 164 valence electrons. The van der Waals surface area contributed by atoms with Crippen LogP contribution >= 0.6 is 0 Å². The molecule has 0 aliphatic carbocycles. The van der Waals surface area contributed by atoms with Gasteiger partial charge in [-0.3, -0.25) is 9.59 Å². The van der Waals surface area contributed by atoms with Crippen molar-refractivity contribution in [2.45, 2.75) is 71.0 Å². The number of hydrogen-bond donors (Lipinski definition) is 0. The molecule has 3 aliphatic rings. The Hall–Kier alpha value is -1.88. The van der Waals surface area contributed by atoms with Gasteiger partial charge in [-0.05, 0) is 62.2 Å². The predicted molar refractivity (Wildman–Crippen MR) is 119 cm³/mol. The molecule has 5 nitrogen and oxygen atoms in total. The highest BCUT2D eigenvalue weighted by atomic mass is 16.2. The van der Waals surface area contributed by atoms with Crippen LogP contribution in [0.4, 0.5) is 0 Å². The molecule has 0 saturated carbocycles. The number of likely N-dealkylation sites (N-methyl/N-ethyl adjacent to an activating group) is 1. The molecule has 3 aliphatic heterocycles. The molecule has 2 fully saturated rings. The molecule has 0 N–H and O–H groups in total. The minimum atomic E-state index is -0.383. The number of piperidine rings is 2. The number of rotatable bonds is 6. The van der Waals surface area contributed by atoms with Crippen LogP contribution in [0.2, 0.25) is 0 Å². The van der Waals surface area contributed by atoms with Crippen LogP contribution in [0.3, 0.4) is 0 Å². The predicted octanol–water partition coefficient (Wildman–Crippen LogP) is 3.78. The van der Waals surface area contributed by atoms with Gasteiger partial charge in [-0.25, -0.2) is 0 Å². The van der Waals surface area contributed by atoms with E-state index < -0.39 is 0 Å². The van der Waals surface area contributed by atoms with E-state index in [9.17, 15) is 9.59 Å². The van der Waals surface area contributed by atoms with Gasteiger partial charge in [0.1, 0.15) is 6.04 Å². The summed E-state index contributed by atoms with van der Waals surface area (Å²) in [5.74, 6) is 0.806. The third-order valence-corrected chi connectivity index (χ3v) is 7.73. The molecule has 4 rings (SSSR count). The minimum absolute atomic E-state index is 0.00812. The lowest BCUT2D eigenvalue weighted by atomic mass is 9.83. The second-order valence-corrected chi connectivity index (χ2v) is 9.64. The third kappa shape index (κ3) is 4.01. The number of fused-ring (bicyclic) bond motifs is 2. The van der Waals surface area contributed by atoms with Gasteiger partial charge in [-0.2, -0.15) is 0 Å². The van der Waals surface area contributed by atoms with E-state index in [-0.39, 0.29) is 23.8 Å². The number of amides is 2. The van der Waals surface area contributed by atoms with Crippen LogP contribution in [0.25, 0.3) is 0 Å². The largest absolute Gasteiger partial charge is 0.344 e. The third-order valence-electron chi connectivity index (χ3n) is 7.73. The van der Waals surface area contributed by atoms with E-state index in [2.05, 4.69) is 18.7 Å². The summed E-state index contributed by atoms with van der Waals surface area (Å²) in [6, 6.07) is 8.02. The van der Waals surface area contributed by atoms with Crippen molar-refractivity contribution in [2.75, 3.05) is 26.7 Å². The quantitative estimate of drug-likeness (QED) is 0.716. The summed E-state index contributed by atoms with van der Waals surface area (Å²) in [7, 11) is 1.95. The molecule has 0 unspecified atom stereocenters. The second kappa shape index (κ2) is 9.09. The maximum absolute atomic E-state index is 13.7. The number of nitrogens with zero attached hydrogens (tertiary/aromatic N) is 3. The van der Waals surface area contributed by atoms with Crippen molar-refractivity contribution in [2.24, 2.45) is 11.8 Å². The fourth-order valence-corrected chi connectivity index (χ4v) is 5.87. The van der Waals surface area contributed by atoms with Crippen molar-refractivity contribution >= 4 is 11.8 Å². The molecule has 3 heterocycles. The summed E-state index contributed by atoms with van der Waals surface area (Å²) < 4.78 is 0. The molecule has 2 saturated heterocycles. The Labute approximate surface area is 181 Å². The fraction of sp³-hybridized carbons (Fsp3) is 0.680. The first-order chi connectivity index (χ1) is 14.5. The lowest BCUT2D eigenvalue weighted by Crippen LogP contribution is -2.55. The van der Waals surface area contributed by atoms with Gasteiger partial charge >= 0.3 is 0 Å². The number of benzene rings is 1. The van der Waals surface area contributed by atoms with Crippen LogP contribution in [0, 0.1) is 11.8 Å². The highest BCUT2D eigenvalue weighted by molar-refractivity contribution is 6.01. The van der Waals surface area contributed by atoms with Gasteiger partial charge in [0.2, 0.25) is 5.91 Å². The van der Waals surface area contributed by atoms with Crippen molar-refractivity contribution in [1.82, 2.24) is 14.7 Å². The Morgan fingerprint density at radius 2 is 1.93 bits per heavy atom. The second-order valence-electron chi connectivity index (χ2n) is 9.64. The van der Waals surface area contributed by atoms with Crippen LogP contribution in [0.15, 0.2) is 24.3 Å². The monoisotopic (exact) mass is 411 g/mol. The number of carbonyl (C=O) groups excluding carboxylic acids is 2. The standard InChI is InChI=1S/C25H37N3O2/c1-4-18(2)23(28-17-19-10-5-6-12-21(19)24(28)29)25(30)26(3)16-20-11-9-15-27-14-8-7-13-22(20)27/h5-6,10,12,18,20,22-23H,4,7-9,11,13-17H2,1-3H3/t18-,20+,22+,23+/m0/s1. The van der Waals surface area contributed by atoms with Gasteiger partial charge < -0.3 is 14.7 Å². The molecule has 0 aromatic heterocycles. The number of carbonyl (C=O) groups is 2. The zero-order valence-corrected chi connectivity index (χ0v) is 18.8. The lowest BCUT2D eigenvalue weighted by Gasteiger charge is -2.46. The molecule has 30 heavy (non-hydrogen) atoms. The van der Waals surface area contributed by atoms with Crippen molar-refractivity contribution in [3.8, 4) is 0 Å². The van der Waals surface area contributed by atoms with Crippen molar-refractivity contribution in [3.05, 3.63) is 35.4 Å². The van der Waals surface area contributed by atoms with Gasteiger partial charge in [0.05, 0.1) is 0 Å². The average molecular weight is 412 g/mol. The van der Waals surface area contributed by atoms with Crippen molar-refractivity contribution < 1.29 is 9.59 Å². The zero-order chi connectivity index (χ0) is 21.3. The van der Waals surface area contributed by atoms with Crippen LogP contribution in [0.1, 0.15) is 68.3 Å². The summed E-state index contributed by atoms with van der Waals surface area (Å²) in [4.78, 5) is 33.2. The Bertz CT molecular complexity index is 777. The van der Waals surface area contributed by atoms with Crippen molar-refractivity contribution in [3.63, 3.8) is 0 Å². The first-order valence-corrected chi connectivity index (χ1v) is 11.9. The maximum Gasteiger partial charge on any atom is 0.255 e. The van der Waals surface area contributed by atoms with E-state index in [0.717, 1.165) is 24.1 Å². The van der Waals surface area contributed by atoms with Crippen LogP contribution < -0.4 is 0 Å². The summed E-state index contributed by atoms with van der Waals surface area (Å²) >= 11 is 0. The van der Waals surface area contributed by atoms with Gasteiger partial charge in [-0.1, -0.05) is 44.9 Å². The topological polar surface area (TPSA) is 43.9 Å². The Morgan fingerprint density at radius 1 is 1.17 bits per heavy atom. The highest BCUT2D eigenvalue weighted by Crippen LogP contribution is 2.33. The van der Waals surface area contributed by atoms with Gasteiger partial charge in [-0.15, -0.1) is 0 Å². The lowest BCUT2D eigenvalue weighted by molar-refractivity contribution is -0.138. The molecule has 1 aromatic carbocycles. The van der Waals surface area contributed by atoms with E-state index >= 15 is 0 Å². The van der Waals surface area contributed by atoms with Crippen LogP contribution in [-0.4, -0.2) is 65.3 Å². The zero-order valence-electron chi connectivity index (χ0n) is 18.8. The average Bonchev–Trinajstić information content (AvgIpc) is 3.10.